The van der Waals surface area contributed by atoms with E-state index >= 15 is 0 Å². The summed E-state index contributed by atoms with van der Waals surface area (Å²) in [5.41, 5.74) is 2.63. The lowest BCUT2D eigenvalue weighted by molar-refractivity contribution is 0.319. The molecule has 0 saturated carbocycles. The maximum absolute atomic E-state index is 5.60. The van der Waals surface area contributed by atoms with Crippen LogP contribution in [0.4, 0.5) is 0 Å². The van der Waals surface area contributed by atoms with E-state index < -0.39 is 0 Å². The molecule has 1 aliphatic heterocycles. The highest BCUT2D eigenvalue weighted by molar-refractivity contribution is 8.18. The molecule has 2 aromatic carbocycles. The van der Waals surface area contributed by atoms with Gasteiger partial charge in [-0.3, -0.25) is 0 Å². The van der Waals surface area contributed by atoms with Gasteiger partial charge in [-0.1, -0.05) is 12.1 Å². The smallest absolute Gasteiger partial charge is 0.161 e. The third-order valence-electron chi connectivity index (χ3n) is 6.28. The number of rotatable bonds is 13. The molecule has 2 aromatic rings. The van der Waals surface area contributed by atoms with E-state index in [1.54, 1.807) is 28.4 Å². The van der Waals surface area contributed by atoms with Crippen LogP contribution in [0.1, 0.15) is 36.8 Å². The molecule has 7 heteroatoms. The minimum atomic E-state index is 0.0955. The van der Waals surface area contributed by atoms with Crippen molar-refractivity contribution in [2.75, 3.05) is 60.1 Å². The largest absolute Gasteiger partial charge is 0.493 e. The Morgan fingerprint density at radius 1 is 0.765 bits per heavy atom. The Kier molecular flexibility index (Phi) is 10.6. The van der Waals surface area contributed by atoms with E-state index in [1.807, 2.05) is 12.1 Å². The highest BCUT2D eigenvalue weighted by Gasteiger charge is 2.36. The average Bonchev–Trinajstić information content (AvgIpc) is 2.88. The van der Waals surface area contributed by atoms with E-state index in [-0.39, 0.29) is 4.08 Å². The first kappa shape index (κ1) is 26.9. The van der Waals surface area contributed by atoms with Crippen molar-refractivity contribution in [3.05, 3.63) is 47.5 Å². The normalized spacial score (nSPS) is 15.2. The molecule has 1 heterocycles. The van der Waals surface area contributed by atoms with Gasteiger partial charge in [0.05, 0.1) is 32.5 Å². The molecule has 0 radical (unpaired) electrons. The second-order valence-corrected chi connectivity index (χ2v) is 11.6. The molecule has 5 nitrogen and oxygen atoms in total. The van der Waals surface area contributed by atoms with Crippen LogP contribution in [0, 0.1) is 0 Å². The van der Waals surface area contributed by atoms with Gasteiger partial charge in [-0.05, 0) is 99.1 Å². The molecule has 0 atom stereocenters. The summed E-state index contributed by atoms with van der Waals surface area (Å²) in [6.07, 6.45) is 5.75. The van der Waals surface area contributed by atoms with Gasteiger partial charge >= 0.3 is 0 Å². The number of methoxy groups -OCH3 is 4. The Bertz CT molecular complexity index is 902. The third-order valence-corrected chi connectivity index (χ3v) is 9.79. The zero-order valence-corrected chi connectivity index (χ0v) is 22.9. The fourth-order valence-electron chi connectivity index (χ4n) is 4.39. The minimum absolute atomic E-state index is 0.0955. The van der Waals surface area contributed by atoms with E-state index in [2.05, 4.69) is 59.7 Å². The van der Waals surface area contributed by atoms with E-state index in [0.717, 1.165) is 55.4 Å². The van der Waals surface area contributed by atoms with Gasteiger partial charge in [0.15, 0.2) is 23.0 Å². The molecule has 188 valence electrons. The molecular weight excluding hydrogens is 466 g/mol. The molecule has 34 heavy (non-hydrogen) atoms. The van der Waals surface area contributed by atoms with Crippen molar-refractivity contribution < 1.29 is 18.9 Å². The number of ether oxygens (including phenoxy) is 4. The van der Waals surface area contributed by atoms with Crippen molar-refractivity contribution in [2.45, 2.75) is 36.2 Å². The lowest BCUT2D eigenvalue weighted by Crippen LogP contribution is -2.26. The van der Waals surface area contributed by atoms with E-state index in [9.17, 15) is 0 Å². The van der Waals surface area contributed by atoms with Gasteiger partial charge in [-0.2, -0.15) is 0 Å². The molecule has 3 rings (SSSR count). The van der Waals surface area contributed by atoms with Crippen molar-refractivity contribution in [1.29, 1.82) is 0 Å². The minimum Gasteiger partial charge on any atom is -0.493 e. The number of thioether (sulfide) groups is 2. The topological polar surface area (TPSA) is 40.2 Å². The van der Waals surface area contributed by atoms with Gasteiger partial charge in [0.2, 0.25) is 0 Å². The van der Waals surface area contributed by atoms with Crippen LogP contribution in [0.25, 0.3) is 0 Å². The van der Waals surface area contributed by atoms with Gasteiger partial charge in [-0.25, -0.2) is 0 Å². The number of nitrogens with zero attached hydrogens (tertiary/aromatic N) is 1. The number of hydrogen-bond donors (Lipinski definition) is 0. The van der Waals surface area contributed by atoms with Crippen molar-refractivity contribution in [2.24, 2.45) is 0 Å². The number of hydrogen-bond acceptors (Lipinski definition) is 7. The van der Waals surface area contributed by atoms with Crippen LogP contribution in [0.2, 0.25) is 0 Å². The molecule has 0 spiro atoms. The van der Waals surface area contributed by atoms with E-state index in [0.29, 0.717) is 0 Å². The molecule has 1 fully saturated rings. The fraction of sp³-hybridized carbons (Fsp3) is 0.556. The summed E-state index contributed by atoms with van der Waals surface area (Å²) in [4.78, 5) is 2.46. The summed E-state index contributed by atoms with van der Waals surface area (Å²) < 4.78 is 21.9. The Hall–Kier alpha value is -1.70. The van der Waals surface area contributed by atoms with Crippen LogP contribution in [0.15, 0.2) is 36.4 Å². The Labute approximate surface area is 213 Å². The Morgan fingerprint density at radius 3 is 2.00 bits per heavy atom. The molecule has 0 unspecified atom stereocenters. The first-order valence-corrected chi connectivity index (χ1v) is 13.9. The van der Waals surface area contributed by atoms with Crippen molar-refractivity contribution in [3.63, 3.8) is 0 Å². The zero-order valence-electron chi connectivity index (χ0n) is 21.2. The summed E-state index contributed by atoms with van der Waals surface area (Å²) in [5, 5.41) is 0. The predicted octanol–water partition coefficient (Wildman–Crippen LogP) is 6.09. The summed E-state index contributed by atoms with van der Waals surface area (Å²) in [6.45, 7) is 2.18. The highest BCUT2D eigenvalue weighted by Crippen LogP contribution is 2.54. The van der Waals surface area contributed by atoms with Gasteiger partial charge < -0.3 is 23.8 Å². The molecule has 0 N–H and O–H groups in total. The van der Waals surface area contributed by atoms with Crippen molar-refractivity contribution >= 4 is 23.5 Å². The monoisotopic (exact) mass is 505 g/mol. The lowest BCUT2D eigenvalue weighted by atomic mass is 10.1. The predicted molar refractivity (Wildman–Crippen MR) is 145 cm³/mol. The van der Waals surface area contributed by atoms with Crippen LogP contribution in [0.3, 0.4) is 0 Å². The summed E-state index contributed by atoms with van der Waals surface area (Å²) in [5.74, 6) is 5.62. The number of aryl methyl sites for hydroxylation is 1. The fourth-order valence-corrected chi connectivity index (χ4v) is 7.80. The van der Waals surface area contributed by atoms with Gasteiger partial charge in [0, 0.05) is 0 Å². The molecule has 1 saturated heterocycles. The third kappa shape index (κ3) is 6.92. The SMILES string of the molecule is COc1ccc(CCCN(C)CCCC2(c3ccc(OC)c(OC)c3)SCCCS2)cc1OC. The van der Waals surface area contributed by atoms with E-state index in [4.69, 9.17) is 18.9 Å². The first-order chi connectivity index (χ1) is 16.5. The van der Waals surface area contributed by atoms with Gasteiger partial charge in [0.1, 0.15) is 0 Å². The van der Waals surface area contributed by atoms with Crippen LogP contribution in [0.5, 0.6) is 23.0 Å². The lowest BCUT2D eigenvalue weighted by Gasteiger charge is -2.37. The number of benzene rings is 2. The Balaban J connectivity index is 1.52. The molecular formula is C27H39NO4S2. The first-order valence-electron chi connectivity index (χ1n) is 11.9. The molecule has 1 aliphatic rings. The molecule has 0 amide bonds. The average molecular weight is 506 g/mol. The van der Waals surface area contributed by atoms with Gasteiger partial charge in [0.25, 0.3) is 0 Å². The van der Waals surface area contributed by atoms with Crippen LogP contribution < -0.4 is 18.9 Å². The van der Waals surface area contributed by atoms with Crippen molar-refractivity contribution in [3.8, 4) is 23.0 Å². The maximum Gasteiger partial charge on any atom is 0.161 e. The second kappa shape index (κ2) is 13.4. The van der Waals surface area contributed by atoms with Crippen molar-refractivity contribution in [1.82, 2.24) is 4.90 Å². The highest BCUT2D eigenvalue weighted by atomic mass is 32.2. The molecule has 0 aromatic heterocycles. The maximum atomic E-state index is 5.60. The summed E-state index contributed by atoms with van der Waals surface area (Å²) >= 11 is 4.19. The Morgan fingerprint density at radius 2 is 1.35 bits per heavy atom. The second-order valence-electron chi connectivity index (χ2n) is 8.57. The van der Waals surface area contributed by atoms with Crippen LogP contribution in [-0.4, -0.2) is 65.0 Å². The standard InChI is InChI=1S/C27H39NO4S2/c1-28(15-6-9-21-10-12-23(29-2)25(19-21)31-4)16-7-14-27(33-17-8-18-34-27)22-11-13-24(30-3)26(20-22)32-5/h10-13,19-20H,6-9,14-18H2,1-5H3. The quantitative estimate of drug-likeness (QED) is 0.326. The van der Waals surface area contributed by atoms with E-state index in [1.165, 1.54) is 35.5 Å². The molecule has 0 bridgehead atoms. The van der Waals surface area contributed by atoms with Crippen LogP contribution >= 0.6 is 23.5 Å². The summed E-state index contributed by atoms with van der Waals surface area (Å²) in [7, 11) is 9.00. The molecule has 0 aliphatic carbocycles. The van der Waals surface area contributed by atoms with Crippen LogP contribution in [-0.2, 0) is 10.5 Å². The zero-order chi connectivity index (χ0) is 24.4. The summed E-state index contributed by atoms with van der Waals surface area (Å²) in [6, 6.07) is 12.7. The van der Waals surface area contributed by atoms with Gasteiger partial charge in [-0.15, -0.1) is 23.5 Å².